The zero-order chi connectivity index (χ0) is 23.8. The summed E-state index contributed by atoms with van der Waals surface area (Å²) in [5.74, 6) is 1.12. The number of nitrogens with zero attached hydrogens (tertiary/aromatic N) is 4. The summed E-state index contributed by atoms with van der Waals surface area (Å²) in [6.45, 7) is 10.0. The summed E-state index contributed by atoms with van der Waals surface area (Å²) in [6.07, 6.45) is 0. The Labute approximate surface area is 196 Å². The zero-order valence-electron chi connectivity index (χ0n) is 19.8. The predicted molar refractivity (Wildman–Crippen MR) is 130 cm³/mol. The first-order valence-corrected chi connectivity index (χ1v) is 12.5. The molecule has 1 aliphatic heterocycles. The molecular formula is C25H30N4O3S. The maximum Gasteiger partial charge on any atom is 0.246 e. The van der Waals surface area contributed by atoms with Crippen molar-refractivity contribution in [3.8, 4) is 17.0 Å². The van der Waals surface area contributed by atoms with Crippen LogP contribution in [0.15, 0.2) is 47.4 Å². The first kappa shape index (κ1) is 23.2. The van der Waals surface area contributed by atoms with Gasteiger partial charge in [-0.05, 0) is 80.3 Å². The largest absolute Gasteiger partial charge is 0.495 e. The van der Waals surface area contributed by atoms with E-state index < -0.39 is 10.0 Å². The number of sulfonamides is 1. The highest BCUT2D eigenvalue weighted by atomic mass is 32.2. The van der Waals surface area contributed by atoms with Crippen molar-refractivity contribution in [2.24, 2.45) is 0 Å². The third-order valence-electron chi connectivity index (χ3n) is 6.27. The SMILES string of the molecule is COc1ccc(C)cc1S(=O)(=O)N1CCN(c2ccc(-c3cc(C)c(C)cc3C)nn2)CC1. The Kier molecular flexibility index (Phi) is 6.41. The van der Waals surface area contributed by atoms with Gasteiger partial charge in [0.1, 0.15) is 10.6 Å². The molecule has 0 spiro atoms. The van der Waals surface area contributed by atoms with Crippen molar-refractivity contribution in [2.75, 3.05) is 38.2 Å². The van der Waals surface area contributed by atoms with Gasteiger partial charge in [0.25, 0.3) is 0 Å². The number of rotatable bonds is 5. The van der Waals surface area contributed by atoms with Gasteiger partial charge in [0, 0.05) is 31.7 Å². The van der Waals surface area contributed by atoms with E-state index in [0.29, 0.717) is 31.9 Å². The van der Waals surface area contributed by atoms with Gasteiger partial charge in [0.05, 0.1) is 12.8 Å². The van der Waals surface area contributed by atoms with Gasteiger partial charge in [-0.1, -0.05) is 12.1 Å². The van der Waals surface area contributed by atoms with E-state index in [1.54, 1.807) is 12.1 Å². The average molecular weight is 467 g/mol. The molecule has 1 aliphatic rings. The molecule has 0 saturated carbocycles. The molecule has 8 heteroatoms. The first-order chi connectivity index (χ1) is 15.7. The Balaban J connectivity index is 1.48. The van der Waals surface area contributed by atoms with E-state index in [-0.39, 0.29) is 4.90 Å². The van der Waals surface area contributed by atoms with E-state index in [1.165, 1.54) is 28.1 Å². The highest BCUT2D eigenvalue weighted by molar-refractivity contribution is 7.89. The minimum atomic E-state index is -3.64. The van der Waals surface area contributed by atoms with Crippen LogP contribution >= 0.6 is 0 Å². The summed E-state index contributed by atoms with van der Waals surface area (Å²) in [5, 5.41) is 8.91. The average Bonchev–Trinajstić information content (AvgIpc) is 2.81. The molecule has 0 amide bonds. The lowest BCUT2D eigenvalue weighted by atomic mass is 9.99. The Morgan fingerprint density at radius 3 is 2.15 bits per heavy atom. The lowest BCUT2D eigenvalue weighted by Gasteiger charge is -2.34. The zero-order valence-corrected chi connectivity index (χ0v) is 20.6. The van der Waals surface area contributed by atoms with Crippen LogP contribution in [0.25, 0.3) is 11.3 Å². The summed E-state index contributed by atoms with van der Waals surface area (Å²) < 4.78 is 33.3. The number of anilines is 1. The molecule has 0 radical (unpaired) electrons. The minimum absolute atomic E-state index is 0.214. The Morgan fingerprint density at radius 2 is 1.52 bits per heavy atom. The molecule has 33 heavy (non-hydrogen) atoms. The molecule has 0 atom stereocenters. The van der Waals surface area contributed by atoms with E-state index >= 15 is 0 Å². The molecule has 0 bridgehead atoms. The van der Waals surface area contributed by atoms with Crippen LogP contribution in [-0.2, 0) is 10.0 Å². The summed E-state index contributed by atoms with van der Waals surface area (Å²) in [4.78, 5) is 2.29. The number of benzene rings is 2. The van der Waals surface area contributed by atoms with Crippen molar-refractivity contribution in [2.45, 2.75) is 32.6 Å². The normalized spacial score (nSPS) is 15.0. The maximum atomic E-state index is 13.2. The number of ether oxygens (including phenoxy) is 1. The van der Waals surface area contributed by atoms with Crippen LogP contribution in [0.4, 0.5) is 5.82 Å². The Bertz CT molecular complexity index is 1270. The van der Waals surface area contributed by atoms with Crippen molar-refractivity contribution < 1.29 is 13.2 Å². The first-order valence-electron chi connectivity index (χ1n) is 11.0. The molecule has 1 saturated heterocycles. The number of aryl methyl sites for hydroxylation is 4. The second-order valence-corrected chi connectivity index (χ2v) is 10.5. The van der Waals surface area contributed by atoms with Crippen LogP contribution in [-0.4, -0.2) is 56.2 Å². The van der Waals surface area contributed by atoms with Crippen LogP contribution in [0.1, 0.15) is 22.3 Å². The Hall–Kier alpha value is -2.97. The molecule has 7 nitrogen and oxygen atoms in total. The molecule has 2 aromatic carbocycles. The molecule has 0 N–H and O–H groups in total. The molecule has 1 aromatic heterocycles. The van der Waals surface area contributed by atoms with Crippen LogP contribution < -0.4 is 9.64 Å². The summed E-state index contributed by atoms with van der Waals surface area (Å²) in [6, 6.07) is 13.5. The van der Waals surface area contributed by atoms with E-state index in [4.69, 9.17) is 4.74 Å². The molecule has 3 aromatic rings. The van der Waals surface area contributed by atoms with Crippen molar-refractivity contribution >= 4 is 15.8 Å². The van der Waals surface area contributed by atoms with Gasteiger partial charge >= 0.3 is 0 Å². The predicted octanol–water partition coefficient (Wildman–Crippen LogP) is 3.90. The highest BCUT2D eigenvalue weighted by Crippen LogP contribution is 2.29. The fourth-order valence-electron chi connectivity index (χ4n) is 4.16. The molecule has 2 heterocycles. The molecule has 1 fully saturated rings. The topological polar surface area (TPSA) is 75.6 Å². The number of hydrogen-bond donors (Lipinski definition) is 0. The van der Waals surface area contributed by atoms with Gasteiger partial charge in [0.15, 0.2) is 5.82 Å². The molecule has 4 rings (SSSR count). The lowest BCUT2D eigenvalue weighted by molar-refractivity contribution is 0.373. The second-order valence-electron chi connectivity index (χ2n) is 8.57. The third-order valence-corrected chi connectivity index (χ3v) is 8.19. The third kappa shape index (κ3) is 4.58. The lowest BCUT2D eigenvalue weighted by Crippen LogP contribution is -2.49. The van der Waals surface area contributed by atoms with E-state index in [2.05, 4.69) is 48.0 Å². The number of hydrogen-bond acceptors (Lipinski definition) is 6. The van der Waals surface area contributed by atoms with Crippen LogP contribution in [0.2, 0.25) is 0 Å². The van der Waals surface area contributed by atoms with E-state index in [1.807, 2.05) is 25.1 Å². The fraction of sp³-hybridized carbons (Fsp3) is 0.360. The van der Waals surface area contributed by atoms with Crippen LogP contribution in [0, 0.1) is 27.7 Å². The maximum absolute atomic E-state index is 13.2. The van der Waals surface area contributed by atoms with Gasteiger partial charge in [-0.25, -0.2) is 8.42 Å². The van der Waals surface area contributed by atoms with Crippen molar-refractivity contribution in [3.63, 3.8) is 0 Å². The second kappa shape index (κ2) is 9.11. The fourth-order valence-corrected chi connectivity index (χ4v) is 5.82. The quantitative estimate of drug-likeness (QED) is 0.568. The smallest absolute Gasteiger partial charge is 0.246 e. The number of methoxy groups -OCH3 is 1. The molecule has 174 valence electrons. The number of piperazine rings is 1. The summed E-state index contributed by atoms with van der Waals surface area (Å²) in [5.41, 5.74) is 6.46. The van der Waals surface area contributed by atoms with Gasteiger partial charge < -0.3 is 9.64 Å². The van der Waals surface area contributed by atoms with Crippen LogP contribution in [0.3, 0.4) is 0 Å². The van der Waals surface area contributed by atoms with E-state index in [0.717, 1.165) is 22.6 Å². The van der Waals surface area contributed by atoms with Gasteiger partial charge in [-0.15, -0.1) is 10.2 Å². The van der Waals surface area contributed by atoms with E-state index in [9.17, 15) is 8.42 Å². The van der Waals surface area contributed by atoms with Crippen molar-refractivity contribution in [1.82, 2.24) is 14.5 Å². The monoisotopic (exact) mass is 466 g/mol. The van der Waals surface area contributed by atoms with Gasteiger partial charge in [0.2, 0.25) is 10.0 Å². The molecule has 0 aliphatic carbocycles. The van der Waals surface area contributed by atoms with Crippen LogP contribution in [0.5, 0.6) is 5.75 Å². The standard InChI is InChI=1S/C25H30N4O3S/c1-17-6-8-23(32-5)24(14-17)33(30,31)29-12-10-28(11-13-29)25-9-7-22(26-27-25)21-16-19(3)18(2)15-20(21)4/h6-9,14-16H,10-13H2,1-5H3. The Morgan fingerprint density at radius 1 is 0.818 bits per heavy atom. The summed E-state index contributed by atoms with van der Waals surface area (Å²) in [7, 11) is -2.15. The van der Waals surface area contributed by atoms with Crippen molar-refractivity contribution in [1.29, 1.82) is 0 Å². The highest BCUT2D eigenvalue weighted by Gasteiger charge is 2.31. The van der Waals surface area contributed by atoms with Gasteiger partial charge in [-0.2, -0.15) is 4.31 Å². The van der Waals surface area contributed by atoms with Crippen molar-refractivity contribution in [3.05, 3.63) is 64.7 Å². The number of aromatic nitrogens is 2. The molecular weight excluding hydrogens is 436 g/mol. The molecule has 0 unspecified atom stereocenters. The summed E-state index contributed by atoms with van der Waals surface area (Å²) >= 11 is 0. The van der Waals surface area contributed by atoms with Gasteiger partial charge in [-0.3, -0.25) is 0 Å². The minimum Gasteiger partial charge on any atom is -0.495 e.